The zero-order valence-electron chi connectivity index (χ0n) is 8.12. The Morgan fingerprint density at radius 1 is 1.21 bits per heavy atom. The van der Waals surface area contributed by atoms with Crippen LogP contribution in [0.25, 0.3) is 0 Å². The third kappa shape index (κ3) is 5.57. The molecule has 1 rings (SSSR count). The van der Waals surface area contributed by atoms with E-state index in [-0.39, 0.29) is 69.5 Å². The molecule has 0 aromatic heterocycles. The molecule has 0 bridgehead atoms. The van der Waals surface area contributed by atoms with Crippen molar-refractivity contribution in [2.75, 3.05) is 5.32 Å². The first-order valence-corrected chi connectivity index (χ1v) is 3.88. The molecule has 4 heteroatoms. The maximum absolute atomic E-state index is 11.1. The molecule has 1 amide bonds. The third-order valence-electron chi connectivity index (χ3n) is 1.42. The van der Waals surface area contributed by atoms with Gasteiger partial charge in [0, 0.05) is 11.5 Å². The molecular formula is C10H10KNO2. The molecule has 0 radical (unpaired) electrons. The van der Waals surface area contributed by atoms with Crippen molar-refractivity contribution in [3.05, 3.63) is 37.3 Å². The van der Waals surface area contributed by atoms with Crippen molar-refractivity contribution in [3.8, 4) is 0 Å². The van der Waals surface area contributed by atoms with E-state index in [9.17, 15) is 9.59 Å². The van der Waals surface area contributed by atoms with E-state index in [2.05, 4.69) is 12.2 Å². The van der Waals surface area contributed by atoms with Crippen molar-refractivity contribution < 1.29 is 61.0 Å². The van der Waals surface area contributed by atoms with Gasteiger partial charge in [0.2, 0.25) is 5.91 Å². The zero-order valence-corrected chi connectivity index (χ0v) is 11.2. The van der Waals surface area contributed by atoms with Gasteiger partial charge in [-0.25, -0.2) is 0 Å². The molecular weight excluding hydrogens is 205 g/mol. The summed E-state index contributed by atoms with van der Waals surface area (Å²) in [5, 5.41) is 2.57. The maximum atomic E-state index is 11.1. The fraction of sp³-hybridized carbons (Fsp3) is 0.100. The second-order valence-corrected chi connectivity index (χ2v) is 2.63. The molecule has 3 nitrogen and oxygen atoms in total. The Balaban J connectivity index is 0.00000169. The van der Waals surface area contributed by atoms with Gasteiger partial charge in [-0.05, 0) is 12.1 Å². The standard InChI is InChI=1S/C10H10NO2.K/c1-8(12)7-10(13)11-9-5-3-2-4-6-9;/h2-6H,1,7H2,(H,11,13);/q-1;+1. The van der Waals surface area contributed by atoms with E-state index >= 15 is 0 Å². The predicted octanol–water partition coefficient (Wildman–Crippen LogP) is -1.58. The van der Waals surface area contributed by atoms with Crippen LogP contribution in [0, 0.1) is 6.92 Å². The fourth-order valence-electron chi connectivity index (χ4n) is 0.906. The minimum Gasteiger partial charge on any atom is -0.339 e. The number of anilines is 1. The molecule has 1 aromatic carbocycles. The molecule has 0 aliphatic heterocycles. The first kappa shape index (κ1) is 13.9. The first-order chi connectivity index (χ1) is 6.18. The van der Waals surface area contributed by atoms with E-state index in [0.29, 0.717) is 5.69 Å². The van der Waals surface area contributed by atoms with E-state index in [4.69, 9.17) is 0 Å². The normalized spacial score (nSPS) is 8.57. The summed E-state index contributed by atoms with van der Waals surface area (Å²) in [6.45, 7) is 3.12. The molecule has 0 saturated heterocycles. The number of hydrogen-bond acceptors (Lipinski definition) is 2. The SMILES string of the molecule is [CH2-]C(=O)CC(=O)Nc1ccccc1.[K+]. The minimum atomic E-state index is -0.381. The number of para-hydroxylation sites is 1. The Kier molecular flexibility index (Phi) is 7.13. The van der Waals surface area contributed by atoms with Gasteiger partial charge in [-0.3, -0.25) is 4.79 Å². The van der Waals surface area contributed by atoms with Crippen LogP contribution in [-0.2, 0) is 9.59 Å². The largest absolute Gasteiger partial charge is 1.00 e. The Hall–Kier alpha value is -0.134. The average molecular weight is 215 g/mol. The average Bonchev–Trinajstić information content (AvgIpc) is 2.04. The van der Waals surface area contributed by atoms with Crippen molar-refractivity contribution in [1.82, 2.24) is 0 Å². The summed E-state index contributed by atoms with van der Waals surface area (Å²) in [5.74, 6) is -0.709. The molecule has 0 aliphatic rings. The summed E-state index contributed by atoms with van der Waals surface area (Å²) >= 11 is 0. The van der Waals surface area contributed by atoms with Crippen LogP contribution in [0.5, 0.6) is 0 Å². The third-order valence-corrected chi connectivity index (χ3v) is 1.42. The monoisotopic (exact) mass is 215 g/mol. The topological polar surface area (TPSA) is 46.2 Å². The number of rotatable bonds is 3. The van der Waals surface area contributed by atoms with Gasteiger partial charge in [0.25, 0.3) is 0 Å². The van der Waals surface area contributed by atoms with Gasteiger partial charge in [0.15, 0.2) is 0 Å². The molecule has 14 heavy (non-hydrogen) atoms. The van der Waals surface area contributed by atoms with Gasteiger partial charge < -0.3 is 17.0 Å². The summed E-state index contributed by atoms with van der Waals surface area (Å²) < 4.78 is 0. The Morgan fingerprint density at radius 2 is 1.79 bits per heavy atom. The van der Waals surface area contributed by atoms with Crippen LogP contribution < -0.4 is 56.7 Å². The smallest absolute Gasteiger partial charge is 0.339 e. The Labute approximate surface area is 126 Å². The van der Waals surface area contributed by atoms with E-state index in [1.165, 1.54) is 0 Å². The van der Waals surface area contributed by atoms with Crippen LogP contribution in [0.1, 0.15) is 6.42 Å². The van der Waals surface area contributed by atoms with Gasteiger partial charge >= 0.3 is 51.4 Å². The number of hydrogen-bond donors (Lipinski definition) is 1. The molecule has 0 spiro atoms. The summed E-state index contributed by atoms with van der Waals surface area (Å²) in [6.07, 6.45) is -0.172. The molecule has 1 aromatic rings. The quantitative estimate of drug-likeness (QED) is 0.376. The van der Waals surface area contributed by atoms with Crippen LogP contribution in [0.15, 0.2) is 30.3 Å². The van der Waals surface area contributed by atoms with E-state index < -0.39 is 0 Å². The molecule has 0 heterocycles. The number of benzene rings is 1. The van der Waals surface area contributed by atoms with E-state index in [1.54, 1.807) is 12.1 Å². The van der Waals surface area contributed by atoms with Gasteiger partial charge in [-0.15, -0.1) is 0 Å². The van der Waals surface area contributed by atoms with Gasteiger partial charge in [-0.2, -0.15) is 0 Å². The van der Waals surface area contributed by atoms with Gasteiger partial charge in [0.05, 0.1) is 6.42 Å². The van der Waals surface area contributed by atoms with Crippen molar-refractivity contribution in [2.45, 2.75) is 6.42 Å². The Bertz CT molecular complexity index is 311. The number of ketones is 1. The van der Waals surface area contributed by atoms with Crippen molar-refractivity contribution in [3.63, 3.8) is 0 Å². The predicted molar refractivity (Wildman–Crippen MR) is 50.1 cm³/mol. The second-order valence-electron chi connectivity index (χ2n) is 2.63. The van der Waals surface area contributed by atoms with E-state index in [0.717, 1.165) is 0 Å². The minimum absolute atomic E-state index is 0. The van der Waals surface area contributed by atoms with Gasteiger partial charge in [0.1, 0.15) is 0 Å². The number of Topliss-reactive ketones (excluding diaryl/α,β-unsaturated/α-hetero) is 1. The van der Waals surface area contributed by atoms with Crippen LogP contribution in [0.2, 0.25) is 0 Å². The van der Waals surface area contributed by atoms with Crippen LogP contribution >= 0.6 is 0 Å². The van der Waals surface area contributed by atoms with Gasteiger partial charge in [-0.1, -0.05) is 18.2 Å². The van der Waals surface area contributed by atoms with Crippen LogP contribution in [0.3, 0.4) is 0 Å². The molecule has 0 atom stereocenters. The fourth-order valence-corrected chi connectivity index (χ4v) is 0.906. The van der Waals surface area contributed by atoms with E-state index in [1.807, 2.05) is 18.2 Å². The maximum Gasteiger partial charge on any atom is 1.00 e. The molecule has 1 N–H and O–H groups in total. The molecule has 0 saturated carbocycles. The number of nitrogens with one attached hydrogen (secondary N) is 1. The number of carbonyl (C=O) groups is 2. The molecule has 0 fully saturated rings. The molecule has 0 unspecified atom stereocenters. The summed E-state index contributed by atoms with van der Waals surface area (Å²) in [6, 6.07) is 8.97. The van der Waals surface area contributed by atoms with Crippen LogP contribution in [0.4, 0.5) is 5.69 Å². The Morgan fingerprint density at radius 3 is 2.29 bits per heavy atom. The zero-order chi connectivity index (χ0) is 9.68. The van der Waals surface area contributed by atoms with Crippen molar-refractivity contribution in [1.29, 1.82) is 0 Å². The number of amides is 1. The summed E-state index contributed by atoms with van der Waals surface area (Å²) in [4.78, 5) is 21.5. The second kappa shape index (κ2) is 7.20. The summed E-state index contributed by atoms with van der Waals surface area (Å²) in [5.41, 5.74) is 0.689. The van der Waals surface area contributed by atoms with Crippen LogP contribution in [-0.4, -0.2) is 11.7 Å². The first-order valence-electron chi connectivity index (χ1n) is 3.88. The van der Waals surface area contributed by atoms with Crippen molar-refractivity contribution in [2.24, 2.45) is 0 Å². The van der Waals surface area contributed by atoms with Crippen molar-refractivity contribution >= 4 is 17.4 Å². The summed E-state index contributed by atoms with van der Waals surface area (Å²) in [7, 11) is 0. The molecule has 68 valence electrons. The number of carbonyl (C=O) groups excluding carboxylic acids is 2. The molecule has 0 aliphatic carbocycles.